The Hall–Kier alpha value is -1.90. The van der Waals surface area contributed by atoms with Gasteiger partial charge in [0.2, 0.25) is 0 Å². The molecule has 0 saturated carbocycles. The van der Waals surface area contributed by atoms with Gasteiger partial charge in [0, 0.05) is 0 Å². The summed E-state index contributed by atoms with van der Waals surface area (Å²) in [6, 6.07) is 20.5. The van der Waals surface area contributed by atoms with Gasteiger partial charge in [-0.05, 0) is 0 Å². The molecule has 1 unspecified atom stereocenters. The van der Waals surface area contributed by atoms with Crippen LogP contribution in [0.15, 0.2) is 70.8 Å². The maximum atomic E-state index is 4.75. The second-order valence-corrected chi connectivity index (χ2v) is 7.61. The van der Waals surface area contributed by atoms with Crippen molar-refractivity contribution in [1.29, 1.82) is 0 Å². The van der Waals surface area contributed by atoms with Gasteiger partial charge in [0.25, 0.3) is 0 Å². The summed E-state index contributed by atoms with van der Waals surface area (Å²) in [6.45, 7) is 2.24. The molecule has 2 aromatic rings. The van der Waals surface area contributed by atoms with Crippen LogP contribution in [0.25, 0.3) is 0 Å². The molecule has 0 amide bonds. The van der Waals surface area contributed by atoms with Gasteiger partial charge in [-0.25, -0.2) is 0 Å². The van der Waals surface area contributed by atoms with Gasteiger partial charge in [-0.1, -0.05) is 0 Å². The number of hydrazone groups is 1. The SMILES string of the molecule is CC1[Se]C(=Nc2ccccc2)N(C)N=C1c1ccccc1. The number of nitrogens with zero attached hydrogens (tertiary/aromatic N) is 3. The van der Waals surface area contributed by atoms with E-state index in [9.17, 15) is 0 Å². The summed E-state index contributed by atoms with van der Waals surface area (Å²) in [5.41, 5.74) is 3.36. The molecule has 3 nitrogen and oxygen atoms in total. The first-order valence-electron chi connectivity index (χ1n) is 6.92. The van der Waals surface area contributed by atoms with Crippen molar-refractivity contribution in [3.8, 4) is 0 Å². The Bertz CT molecular complexity index is 665. The number of benzene rings is 2. The number of aliphatic imine (C=N–C) groups is 1. The summed E-state index contributed by atoms with van der Waals surface area (Å²) >= 11 is 0.275. The Balaban J connectivity index is 1.90. The van der Waals surface area contributed by atoms with Crippen LogP contribution in [0.1, 0.15) is 12.5 Å². The quantitative estimate of drug-likeness (QED) is 0.768. The predicted octanol–water partition coefficient (Wildman–Crippen LogP) is 3.54. The Kier molecular flexibility index (Phi) is 4.18. The molecule has 0 fully saturated rings. The summed E-state index contributed by atoms with van der Waals surface area (Å²) in [5.74, 6) is 0. The molecule has 0 aliphatic carbocycles. The molecular formula is C17H17N3Se. The van der Waals surface area contributed by atoms with Crippen LogP contribution < -0.4 is 0 Å². The van der Waals surface area contributed by atoms with E-state index in [4.69, 9.17) is 10.1 Å². The third-order valence-corrected chi connectivity index (χ3v) is 5.65. The molecule has 0 radical (unpaired) electrons. The zero-order valence-corrected chi connectivity index (χ0v) is 13.8. The Labute approximate surface area is 131 Å². The first kappa shape index (κ1) is 14.1. The van der Waals surface area contributed by atoms with Crippen molar-refractivity contribution in [2.24, 2.45) is 10.1 Å². The molecule has 1 aliphatic heterocycles. The average molecular weight is 342 g/mol. The normalized spacial score (nSPS) is 20.5. The number of rotatable bonds is 2. The van der Waals surface area contributed by atoms with Crippen LogP contribution in [-0.2, 0) is 0 Å². The minimum atomic E-state index is 0.275. The average Bonchev–Trinajstić information content (AvgIpc) is 2.52. The van der Waals surface area contributed by atoms with E-state index in [0.717, 1.165) is 16.1 Å². The first-order chi connectivity index (χ1) is 10.2. The zero-order valence-electron chi connectivity index (χ0n) is 12.1. The number of hydrogen-bond donors (Lipinski definition) is 0. The Morgan fingerprint density at radius 1 is 1.00 bits per heavy atom. The van der Waals surface area contributed by atoms with Gasteiger partial charge in [-0.15, -0.1) is 0 Å². The third kappa shape index (κ3) is 3.23. The Morgan fingerprint density at radius 3 is 2.29 bits per heavy atom. The van der Waals surface area contributed by atoms with Crippen molar-refractivity contribution in [2.75, 3.05) is 7.05 Å². The molecule has 21 heavy (non-hydrogen) atoms. The molecular weight excluding hydrogens is 325 g/mol. The zero-order chi connectivity index (χ0) is 14.7. The van der Waals surface area contributed by atoms with Gasteiger partial charge in [-0.2, -0.15) is 0 Å². The monoisotopic (exact) mass is 343 g/mol. The number of hydrogen-bond acceptors (Lipinski definition) is 2. The molecule has 0 spiro atoms. The van der Waals surface area contributed by atoms with Crippen molar-refractivity contribution in [3.05, 3.63) is 66.2 Å². The van der Waals surface area contributed by atoms with Crippen molar-refractivity contribution < 1.29 is 0 Å². The summed E-state index contributed by atoms with van der Waals surface area (Å²) < 4.78 is 1.07. The van der Waals surface area contributed by atoms with Crippen LogP contribution in [0.2, 0.25) is 4.82 Å². The third-order valence-electron chi connectivity index (χ3n) is 3.25. The molecule has 106 valence electrons. The molecule has 0 bridgehead atoms. The van der Waals surface area contributed by atoms with Gasteiger partial charge < -0.3 is 0 Å². The summed E-state index contributed by atoms with van der Waals surface area (Å²) in [4.78, 5) is 5.17. The Morgan fingerprint density at radius 2 is 1.62 bits per heavy atom. The van der Waals surface area contributed by atoms with Crippen LogP contribution in [0.3, 0.4) is 0 Å². The number of amidine groups is 1. The molecule has 0 saturated heterocycles. The fraction of sp³-hybridized carbons (Fsp3) is 0.176. The summed E-state index contributed by atoms with van der Waals surface area (Å²) in [5, 5.41) is 6.67. The molecule has 1 atom stereocenters. The first-order valence-corrected chi connectivity index (χ1v) is 8.76. The van der Waals surface area contributed by atoms with Gasteiger partial charge in [-0.3, -0.25) is 0 Å². The van der Waals surface area contributed by atoms with Gasteiger partial charge in [0.05, 0.1) is 0 Å². The van der Waals surface area contributed by atoms with Crippen LogP contribution in [0, 0.1) is 0 Å². The second kappa shape index (κ2) is 6.25. The minimum absolute atomic E-state index is 0.275. The fourth-order valence-corrected chi connectivity index (χ4v) is 4.21. The second-order valence-electron chi connectivity index (χ2n) is 4.86. The van der Waals surface area contributed by atoms with Crippen molar-refractivity contribution in [2.45, 2.75) is 11.7 Å². The van der Waals surface area contributed by atoms with E-state index in [1.54, 1.807) is 0 Å². The van der Waals surface area contributed by atoms with Crippen LogP contribution in [-0.4, -0.2) is 37.5 Å². The molecule has 3 rings (SSSR count). The van der Waals surface area contributed by atoms with E-state index < -0.39 is 0 Å². The summed E-state index contributed by atoms with van der Waals surface area (Å²) in [7, 11) is 1.98. The maximum absolute atomic E-state index is 4.75. The van der Waals surface area contributed by atoms with Gasteiger partial charge >= 0.3 is 131 Å². The molecule has 1 heterocycles. The topological polar surface area (TPSA) is 28.0 Å². The van der Waals surface area contributed by atoms with Gasteiger partial charge in [0.1, 0.15) is 0 Å². The molecule has 1 aliphatic rings. The molecule has 0 aromatic heterocycles. The van der Waals surface area contributed by atoms with Crippen LogP contribution in [0.5, 0.6) is 0 Å². The van der Waals surface area contributed by atoms with E-state index in [1.165, 1.54) is 5.56 Å². The molecule has 2 aromatic carbocycles. The summed E-state index contributed by atoms with van der Waals surface area (Å²) in [6.07, 6.45) is 0. The van der Waals surface area contributed by atoms with E-state index in [0.29, 0.717) is 4.82 Å². The predicted molar refractivity (Wildman–Crippen MR) is 89.5 cm³/mol. The van der Waals surface area contributed by atoms with E-state index in [1.807, 2.05) is 48.5 Å². The van der Waals surface area contributed by atoms with E-state index in [2.05, 4.69) is 31.2 Å². The van der Waals surface area contributed by atoms with Gasteiger partial charge in [0.15, 0.2) is 0 Å². The molecule has 4 heteroatoms. The number of para-hydroxylation sites is 1. The van der Waals surface area contributed by atoms with Crippen molar-refractivity contribution in [1.82, 2.24) is 5.01 Å². The van der Waals surface area contributed by atoms with E-state index >= 15 is 0 Å². The van der Waals surface area contributed by atoms with Crippen molar-refractivity contribution in [3.63, 3.8) is 0 Å². The molecule has 0 N–H and O–H groups in total. The standard InChI is InChI=1S/C17H17N3Se/c1-13-16(14-9-5-3-6-10-14)19-20(2)17(21-13)18-15-11-7-4-8-12-15/h3-13H,1-2H3. The van der Waals surface area contributed by atoms with Crippen LogP contribution >= 0.6 is 0 Å². The van der Waals surface area contributed by atoms with Crippen LogP contribution in [0.4, 0.5) is 5.69 Å². The fourth-order valence-electron chi connectivity index (χ4n) is 2.19. The van der Waals surface area contributed by atoms with Crippen molar-refractivity contribution >= 4 is 31.1 Å². The van der Waals surface area contributed by atoms with E-state index in [-0.39, 0.29) is 15.0 Å².